The van der Waals surface area contributed by atoms with Crippen LogP contribution in [0.2, 0.25) is 0 Å². The Morgan fingerprint density at radius 3 is 2.61 bits per heavy atom. The Bertz CT molecular complexity index is 1140. The molecule has 2 aromatic rings. The van der Waals surface area contributed by atoms with Crippen LogP contribution in [0.25, 0.3) is 6.08 Å². The molecule has 0 bridgehead atoms. The van der Waals surface area contributed by atoms with E-state index in [2.05, 4.69) is 21.2 Å². The summed E-state index contributed by atoms with van der Waals surface area (Å²) in [7, 11) is 0. The van der Waals surface area contributed by atoms with E-state index in [-0.39, 0.29) is 11.5 Å². The first kappa shape index (κ1) is 24.3. The highest BCUT2D eigenvalue weighted by Gasteiger charge is 2.36. The van der Waals surface area contributed by atoms with E-state index in [1.54, 1.807) is 49.4 Å². The molecule has 0 spiro atoms. The Kier molecular flexibility index (Phi) is 8.12. The van der Waals surface area contributed by atoms with Gasteiger partial charge in [-0.05, 0) is 70.5 Å². The lowest BCUT2D eigenvalue weighted by molar-refractivity contribution is -0.127. The second-order valence-corrected chi connectivity index (χ2v) is 8.54. The normalized spacial score (nSPS) is 14.5. The molecule has 1 saturated heterocycles. The zero-order chi connectivity index (χ0) is 24.0. The number of anilines is 1. The summed E-state index contributed by atoms with van der Waals surface area (Å²) >= 11 is 4.07. The van der Waals surface area contributed by atoms with Gasteiger partial charge in [0.2, 0.25) is 5.91 Å². The third kappa shape index (κ3) is 6.36. The molecule has 0 aromatic heterocycles. The second-order valence-electron chi connectivity index (χ2n) is 6.69. The summed E-state index contributed by atoms with van der Waals surface area (Å²) in [5, 5.41) is 2.12. The number of imide groups is 1. The molecule has 33 heavy (non-hydrogen) atoms. The maximum atomic E-state index is 12.7. The maximum absolute atomic E-state index is 12.7. The lowest BCUT2D eigenvalue weighted by Crippen LogP contribution is -2.36. The summed E-state index contributed by atoms with van der Waals surface area (Å²) in [5.74, 6) is -1.01. The number of hydrogen-bond donors (Lipinski definition) is 2. The average molecular weight is 534 g/mol. The first-order valence-corrected chi connectivity index (χ1v) is 11.4. The predicted molar refractivity (Wildman–Crippen MR) is 128 cm³/mol. The quantitative estimate of drug-likeness (QED) is 0.472. The van der Waals surface area contributed by atoms with Crippen LogP contribution in [-0.2, 0) is 14.4 Å². The molecular formula is C22H20BrN3O6S. The molecule has 1 aliphatic rings. The third-order valence-electron chi connectivity index (χ3n) is 4.26. The molecule has 11 heteroatoms. The van der Waals surface area contributed by atoms with Gasteiger partial charge >= 0.3 is 0 Å². The number of amides is 4. The van der Waals surface area contributed by atoms with Crippen molar-refractivity contribution in [2.45, 2.75) is 6.92 Å². The van der Waals surface area contributed by atoms with Crippen molar-refractivity contribution in [3.8, 4) is 11.5 Å². The number of para-hydroxylation sites is 1. The second kappa shape index (κ2) is 11.0. The van der Waals surface area contributed by atoms with Crippen LogP contribution in [0.4, 0.5) is 10.5 Å². The van der Waals surface area contributed by atoms with E-state index in [0.29, 0.717) is 33.8 Å². The molecular weight excluding hydrogens is 514 g/mol. The van der Waals surface area contributed by atoms with Crippen molar-refractivity contribution in [3.05, 3.63) is 57.4 Å². The van der Waals surface area contributed by atoms with Gasteiger partial charge in [0.05, 0.1) is 17.2 Å². The summed E-state index contributed by atoms with van der Waals surface area (Å²) < 4.78 is 11.5. The number of ether oxygens (including phenoxy) is 2. The zero-order valence-corrected chi connectivity index (χ0v) is 19.9. The van der Waals surface area contributed by atoms with Gasteiger partial charge in [0.15, 0.2) is 18.1 Å². The lowest BCUT2D eigenvalue weighted by atomic mass is 10.2. The van der Waals surface area contributed by atoms with Gasteiger partial charge in [0.1, 0.15) is 6.54 Å². The number of carbonyl (C=O) groups excluding carboxylic acids is 4. The SMILES string of the molecule is CCOc1cc(/C=C2\SC(=O)N(CC(=O)Nc3ccccc3Br)C2=O)ccc1OCC(N)=O. The number of primary amides is 1. The Morgan fingerprint density at radius 1 is 1.15 bits per heavy atom. The minimum atomic E-state index is -0.626. The van der Waals surface area contributed by atoms with Gasteiger partial charge < -0.3 is 20.5 Å². The highest BCUT2D eigenvalue weighted by molar-refractivity contribution is 9.10. The summed E-state index contributed by atoms with van der Waals surface area (Å²) in [5.41, 5.74) is 6.22. The van der Waals surface area contributed by atoms with Crippen molar-refractivity contribution >= 4 is 62.4 Å². The summed E-state index contributed by atoms with van der Waals surface area (Å²) in [6.07, 6.45) is 1.52. The topological polar surface area (TPSA) is 128 Å². The summed E-state index contributed by atoms with van der Waals surface area (Å²) in [4.78, 5) is 49.5. The van der Waals surface area contributed by atoms with Crippen LogP contribution in [0.15, 0.2) is 51.8 Å². The largest absolute Gasteiger partial charge is 0.490 e. The van der Waals surface area contributed by atoms with E-state index < -0.39 is 29.5 Å². The fraction of sp³-hybridized carbons (Fsp3) is 0.182. The van der Waals surface area contributed by atoms with Crippen LogP contribution in [0.1, 0.15) is 12.5 Å². The maximum Gasteiger partial charge on any atom is 0.294 e. The molecule has 1 heterocycles. The number of hydrogen-bond acceptors (Lipinski definition) is 7. The number of nitrogens with one attached hydrogen (secondary N) is 1. The van der Waals surface area contributed by atoms with Crippen molar-refractivity contribution in [2.24, 2.45) is 5.73 Å². The van der Waals surface area contributed by atoms with Crippen LogP contribution >= 0.6 is 27.7 Å². The van der Waals surface area contributed by atoms with Crippen LogP contribution in [0.5, 0.6) is 11.5 Å². The monoisotopic (exact) mass is 533 g/mol. The Hall–Kier alpha value is -3.31. The fourth-order valence-electron chi connectivity index (χ4n) is 2.83. The molecule has 9 nitrogen and oxygen atoms in total. The molecule has 1 aliphatic heterocycles. The van der Waals surface area contributed by atoms with Crippen molar-refractivity contribution in [3.63, 3.8) is 0 Å². The first-order chi connectivity index (χ1) is 15.8. The van der Waals surface area contributed by atoms with E-state index in [1.807, 2.05) is 0 Å². The van der Waals surface area contributed by atoms with Gasteiger partial charge in [-0.2, -0.15) is 0 Å². The van der Waals surface area contributed by atoms with Crippen LogP contribution in [-0.4, -0.2) is 47.6 Å². The number of nitrogens with two attached hydrogens (primary N) is 1. The predicted octanol–water partition coefficient (Wildman–Crippen LogP) is 3.39. The Labute approximate surface area is 202 Å². The molecule has 2 aromatic carbocycles. The van der Waals surface area contributed by atoms with E-state index in [1.165, 1.54) is 6.08 Å². The minimum absolute atomic E-state index is 0.168. The van der Waals surface area contributed by atoms with Crippen LogP contribution < -0.4 is 20.5 Å². The van der Waals surface area contributed by atoms with Gasteiger partial charge in [-0.1, -0.05) is 18.2 Å². The number of rotatable bonds is 9. The fourth-order valence-corrected chi connectivity index (χ4v) is 4.06. The smallest absolute Gasteiger partial charge is 0.294 e. The highest BCUT2D eigenvalue weighted by atomic mass is 79.9. The number of nitrogens with zero attached hydrogens (tertiary/aromatic N) is 1. The van der Waals surface area contributed by atoms with Crippen molar-refractivity contribution < 1.29 is 28.7 Å². The molecule has 4 amide bonds. The molecule has 172 valence electrons. The van der Waals surface area contributed by atoms with E-state index in [4.69, 9.17) is 15.2 Å². The molecule has 0 radical (unpaired) electrons. The van der Waals surface area contributed by atoms with E-state index >= 15 is 0 Å². The van der Waals surface area contributed by atoms with E-state index in [9.17, 15) is 19.2 Å². The average Bonchev–Trinajstić information content (AvgIpc) is 3.02. The number of benzene rings is 2. The number of thioether (sulfide) groups is 1. The van der Waals surface area contributed by atoms with Crippen molar-refractivity contribution in [2.75, 3.05) is 25.1 Å². The Morgan fingerprint density at radius 2 is 1.91 bits per heavy atom. The Balaban J connectivity index is 1.73. The minimum Gasteiger partial charge on any atom is -0.490 e. The van der Waals surface area contributed by atoms with Crippen molar-refractivity contribution in [1.29, 1.82) is 0 Å². The molecule has 0 unspecified atom stereocenters. The molecule has 0 atom stereocenters. The first-order valence-electron chi connectivity index (χ1n) is 9.76. The van der Waals surface area contributed by atoms with Gasteiger partial charge in [-0.3, -0.25) is 24.1 Å². The number of halogens is 1. The van der Waals surface area contributed by atoms with Gasteiger partial charge in [-0.15, -0.1) is 0 Å². The summed E-state index contributed by atoms with van der Waals surface area (Å²) in [6, 6.07) is 11.9. The highest BCUT2D eigenvalue weighted by Crippen LogP contribution is 2.34. The van der Waals surface area contributed by atoms with Gasteiger partial charge in [0, 0.05) is 4.47 Å². The number of carbonyl (C=O) groups is 4. The molecule has 1 fully saturated rings. The zero-order valence-electron chi connectivity index (χ0n) is 17.5. The molecule has 3 N–H and O–H groups in total. The van der Waals surface area contributed by atoms with E-state index in [0.717, 1.165) is 16.7 Å². The third-order valence-corrected chi connectivity index (χ3v) is 5.86. The standard InChI is InChI=1S/C22H20BrN3O6S/c1-2-31-17-9-13(7-8-16(17)32-12-19(24)27)10-18-21(29)26(22(30)33-18)11-20(28)25-15-6-4-3-5-14(15)23/h3-10H,2,11-12H2,1H3,(H2,24,27)(H,25,28)/b18-10-. The van der Waals surface area contributed by atoms with Gasteiger partial charge in [-0.25, -0.2) is 0 Å². The summed E-state index contributed by atoms with van der Waals surface area (Å²) in [6.45, 7) is 1.42. The molecule has 3 rings (SSSR count). The van der Waals surface area contributed by atoms with Crippen molar-refractivity contribution in [1.82, 2.24) is 4.90 Å². The molecule has 0 saturated carbocycles. The van der Waals surface area contributed by atoms with Gasteiger partial charge in [0.25, 0.3) is 17.1 Å². The lowest BCUT2D eigenvalue weighted by Gasteiger charge is -2.13. The van der Waals surface area contributed by atoms with Crippen LogP contribution in [0.3, 0.4) is 0 Å². The van der Waals surface area contributed by atoms with Crippen LogP contribution in [0, 0.1) is 0 Å². The molecule has 0 aliphatic carbocycles.